The van der Waals surface area contributed by atoms with Crippen LogP contribution in [0, 0.1) is 11.3 Å². The van der Waals surface area contributed by atoms with Gasteiger partial charge in [0.1, 0.15) is 6.07 Å². The van der Waals surface area contributed by atoms with Crippen molar-refractivity contribution in [2.75, 3.05) is 18.4 Å². The molecule has 0 fully saturated rings. The molecule has 0 bridgehead atoms. The average Bonchev–Trinajstić information content (AvgIpc) is 2.19. The van der Waals surface area contributed by atoms with Gasteiger partial charge in [-0.3, -0.25) is 4.98 Å². The number of nitrogens with one attached hydrogen (secondary N) is 1. The molecule has 0 aliphatic rings. The van der Waals surface area contributed by atoms with E-state index >= 15 is 0 Å². The average molecular weight is 176 g/mol. The van der Waals surface area contributed by atoms with Gasteiger partial charge in [-0.25, -0.2) is 0 Å². The number of nitriles is 1. The number of aromatic nitrogens is 1. The van der Waals surface area contributed by atoms with E-state index in [-0.39, 0.29) is 0 Å². The second-order valence-corrected chi connectivity index (χ2v) is 2.60. The summed E-state index contributed by atoms with van der Waals surface area (Å²) in [6, 6.07) is 3.77. The second kappa shape index (κ2) is 5.12. The molecule has 0 unspecified atom stereocenters. The summed E-state index contributed by atoms with van der Waals surface area (Å²) in [6.07, 6.45) is 4.14. The van der Waals surface area contributed by atoms with Crippen LogP contribution in [-0.4, -0.2) is 18.1 Å². The van der Waals surface area contributed by atoms with Crippen molar-refractivity contribution < 1.29 is 0 Å². The van der Waals surface area contributed by atoms with Crippen LogP contribution in [0.25, 0.3) is 0 Å². The molecule has 0 aliphatic carbocycles. The topological polar surface area (TPSA) is 74.7 Å². The van der Waals surface area contributed by atoms with Crippen LogP contribution in [-0.2, 0) is 0 Å². The summed E-state index contributed by atoms with van der Waals surface area (Å²) in [5.74, 6) is 0. The number of pyridine rings is 1. The Morgan fingerprint density at radius 2 is 2.46 bits per heavy atom. The van der Waals surface area contributed by atoms with Gasteiger partial charge in [-0.2, -0.15) is 5.26 Å². The molecular formula is C9H12N4. The zero-order valence-corrected chi connectivity index (χ0v) is 7.33. The predicted molar refractivity (Wildman–Crippen MR) is 51.1 cm³/mol. The van der Waals surface area contributed by atoms with E-state index in [0.717, 1.165) is 18.7 Å². The fraction of sp³-hybridized carbons (Fsp3) is 0.333. The summed E-state index contributed by atoms with van der Waals surface area (Å²) in [5, 5.41) is 11.8. The maximum atomic E-state index is 8.73. The Kier molecular flexibility index (Phi) is 3.74. The van der Waals surface area contributed by atoms with Gasteiger partial charge >= 0.3 is 0 Å². The van der Waals surface area contributed by atoms with Crippen molar-refractivity contribution >= 4 is 5.69 Å². The number of hydrogen-bond acceptors (Lipinski definition) is 4. The minimum absolute atomic E-state index is 0.618. The highest BCUT2D eigenvalue weighted by atomic mass is 14.9. The smallest absolute Gasteiger partial charge is 0.101 e. The van der Waals surface area contributed by atoms with Crippen molar-refractivity contribution in [2.45, 2.75) is 6.42 Å². The zero-order chi connectivity index (χ0) is 9.52. The van der Waals surface area contributed by atoms with Crippen LogP contribution < -0.4 is 11.1 Å². The molecule has 0 radical (unpaired) electrons. The van der Waals surface area contributed by atoms with E-state index in [0.29, 0.717) is 12.1 Å². The van der Waals surface area contributed by atoms with Crippen molar-refractivity contribution in [2.24, 2.45) is 5.73 Å². The summed E-state index contributed by atoms with van der Waals surface area (Å²) in [4.78, 5) is 3.93. The Bertz CT molecular complexity index is 303. The first kappa shape index (κ1) is 9.49. The van der Waals surface area contributed by atoms with E-state index in [1.807, 2.05) is 0 Å². The Morgan fingerprint density at radius 3 is 3.15 bits per heavy atom. The van der Waals surface area contributed by atoms with Crippen molar-refractivity contribution in [3.63, 3.8) is 0 Å². The molecule has 0 spiro atoms. The van der Waals surface area contributed by atoms with E-state index in [1.54, 1.807) is 18.5 Å². The molecule has 4 nitrogen and oxygen atoms in total. The lowest BCUT2D eigenvalue weighted by atomic mass is 10.2. The summed E-state index contributed by atoms with van der Waals surface area (Å²) >= 11 is 0. The fourth-order valence-electron chi connectivity index (χ4n) is 0.958. The number of rotatable bonds is 4. The SMILES string of the molecule is N#Cc1ccncc1NCCCN. The molecule has 0 saturated heterocycles. The summed E-state index contributed by atoms with van der Waals surface area (Å²) in [7, 11) is 0. The Balaban J connectivity index is 2.60. The van der Waals surface area contributed by atoms with Crippen LogP contribution in [0.5, 0.6) is 0 Å². The second-order valence-electron chi connectivity index (χ2n) is 2.60. The molecule has 0 atom stereocenters. The van der Waals surface area contributed by atoms with Gasteiger partial charge in [-0.15, -0.1) is 0 Å². The standard InChI is InChI=1S/C9H12N4/c10-3-1-4-13-9-7-12-5-2-8(9)6-11/h2,5,7,13H,1,3-4,10H2. The van der Waals surface area contributed by atoms with Crippen molar-refractivity contribution in [3.8, 4) is 6.07 Å². The van der Waals surface area contributed by atoms with Crippen LogP contribution in [0.2, 0.25) is 0 Å². The minimum Gasteiger partial charge on any atom is -0.383 e. The molecule has 13 heavy (non-hydrogen) atoms. The number of nitrogens with two attached hydrogens (primary N) is 1. The molecule has 0 aliphatic heterocycles. The molecule has 0 amide bonds. The molecule has 0 aromatic carbocycles. The molecule has 0 saturated carbocycles. The molecule has 1 heterocycles. The highest BCUT2D eigenvalue weighted by molar-refractivity contribution is 5.55. The van der Waals surface area contributed by atoms with Crippen LogP contribution >= 0.6 is 0 Å². The lowest BCUT2D eigenvalue weighted by Gasteiger charge is -2.05. The molecule has 1 aromatic heterocycles. The fourth-order valence-corrected chi connectivity index (χ4v) is 0.958. The van der Waals surface area contributed by atoms with Gasteiger partial charge in [0, 0.05) is 12.7 Å². The predicted octanol–water partition coefficient (Wildman–Crippen LogP) is 0.714. The van der Waals surface area contributed by atoms with Crippen LogP contribution in [0.1, 0.15) is 12.0 Å². The third kappa shape index (κ3) is 2.73. The van der Waals surface area contributed by atoms with Crippen molar-refractivity contribution in [1.29, 1.82) is 5.26 Å². The normalized spacial score (nSPS) is 9.23. The first-order valence-corrected chi connectivity index (χ1v) is 4.16. The first-order chi connectivity index (χ1) is 6.38. The molecule has 4 heteroatoms. The maximum Gasteiger partial charge on any atom is 0.101 e. The molecule has 1 aromatic rings. The summed E-state index contributed by atoms with van der Waals surface area (Å²) < 4.78 is 0. The molecule has 3 N–H and O–H groups in total. The van der Waals surface area contributed by atoms with Gasteiger partial charge in [-0.1, -0.05) is 0 Å². The quantitative estimate of drug-likeness (QED) is 0.663. The van der Waals surface area contributed by atoms with E-state index < -0.39 is 0 Å². The Labute approximate surface area is 77.4 Å². The minimum atomic E-state index is 0.618. The Hall–Kier alpha value is -1.60. The van der Waals surface area contributed by atoms with E-state index in [9.17, 15) is 0 Å². The van der Waals surface area contributed by atoms with E-state index in [2.05, 4.69) is 16.4 Å². The summed E-state index contributed by atoms with van der Waals surface area (Å²) in [6.45, 7) is 1.42. The van der Waals surface area contributed by atoms with Gasteiger partial charge < -0.3 is 11.1 Å². The largest absolute Gasteiger partial charge is 0.383 e. The highest BCUT2D eigenvalue weighted by Gasteiger charge is 1.98. The van der Waals surface area contributed by atoms with Crippen molar-refractivity contribution in [3.05, 3.63) is 24.0 Å². The van der Waals surface area contributed by atoms with Gasteiger partial charge in [0.2, 0.25) is 0 Å². The third-order valence-electron chi connectivity index (χ3n) is 1.64. The number of nitrogens with zero attached hydrogens (tertiary/aromatic N) is 2. The molecule has 68 valence electrons. The van der Waals surface area contributed by atoms with Gasteiger partial charge in [0.05, 0.1) is 17.4 Å². The van der Waals surface area contributed by atoms with Crippen LogP contribution in [0.3, 0.4) is 0 Å². The van der Waals surface area contributed by atoms with Crippen molar-refractivity contribution in [1.82, 2.24) is 4.98 Å². The van der Waals surface area contributed by atoms with Gasteiger partial charge in [0.25, 0.3) is 0 Å². The van der Waals surface area contributed by atoms with E-state index in [1.165, 1.54) is 0 Å². The molecule has 1 rings (SSSR count). The number of hydrogen-bond donors (Lipinski definition) is 2. The Morgan fingerprint density at radius 1 is 1.62 bits per heavy atom. The summed E-state index contributed by atoms with van der Waals surface area (Å²) in [5.41, 5.74) is 6.74. The van der Waals surface area contributed by atoms with Crippen LogP contribution in [0.4, 0.5) is 5.69 Å². The first-order valence-electron chi connectivity index (χ1n) is 4.16. The lowest BCUT2D eigenvalue weighted by molar-refractivity contribution is 0.873. The molecular weight excluding hydrogens is 164 g/mol. The van der Waals surface area contributed by atoms with Gasteiger partial charge in [0.15, 0.2) is 0 Å². The van der Waals surface area contributed by atoms with Crippen LogP contribution in [0.15, 0.2) is 18.5 Å². The van der Waals surface area contributed by atoms with Gasteiger partial charge in [-0.05, 0) is 19.0 Å². The zero-order valence-electron chi connectivity index (χ0n) is 7.33. The number of anilines is 1. The monoisotopic (exact) mass is 176 g/mol. The van der Waals surface area contributed by atoms with E-state index in [4.69, 9.17) is 11.0 Å². The highest BCUT2D eigenvalue weighted by Crippen LogP contribution is 2.10. The maximum absolute atomic E-state index is 8.73. The third-order valence-corrected chi connectivity index (χ3v) is 1.64. The lowest BCUT2D eigenvalue weighted by Crippen LogP contribution is -2.09.